The minimum atomic E-state index is -0.178. The van der Waals surface area contributed by atoms with Gasteiger partial charge in [-0.3, -0.25) is 4.79 Å². The number of hydrogen-bond donors (Lipinski definition) is 2. The third-order valence-corrected chi connectivity index (χ3v) is 2.98. The molecule has 4 heteroatoms. The number of nitrogens with one attached hydrogen (secondary N) is 1. The summed E-state index contributed by atoms with van der Waals surface area (Å²) in [6, 6.07) is 9.94. The molecule has 1 atom stereocenters. The lowest BCUT2D eigenvalue weighted by atomic mass is 9.98. The Balaban J connectivity index is 2.29. The molecule has 4 nitrogen and oxygen atoms in total. The number of amides is 1. The summed E-state index contributed by atoms with van der Waals surface area (Å²) in [5.74, 6) is 0.340. The first-order valence-corrected chi connectivity index (χ1v) is 7.23. The van der Waals surface area contributed by atoms with E-state index in [2.05, 4.69) is 19.2 Å². The monoisotopic (exact) mass is 278 g/mol. The molecule has 0 heterocycles. The zero-order chi connectivity index (χ0) is 14.8. The molecule has 1 amide bonds. The molecule has 0 aliphatic heterocycles. The molecule has 0 spiro atoms. The van der Waals surface area contributed by atoms with Crippen LogP contribution in [0.2, 0.25) is 0 Å². The molecule has 0 aliphatic carbocycles. The molecule has 0 saturated carbocycles. The molecule has 0 bridgehead atoms. The van der Waals surface area contributed by atoms with E-state index in [0.717, 1.165) is 12.2 Å². The van der Waals surface area contributed by atoms with E-state index in [1.165, 1.54) is 0 Å². The van der Waals surface area contributed by atoms with Gasteiger partial charge in [0.05, 0.1) is 12.5 Å². The molecule has 3 N–H and O–H groups in total. The van der Waals surface area contributed by atoms with Gasteiger partial charge < -0.3 is 15.8 Å². The van der Waals surface area contributed by atoms with Crippen LogP contribution >= 0.6 is 0 Å². The quantitative estimate of drug-likeness (QED) is 0.674. The van der Waals surface area contributed by atoms with Crippen LogP contribution in [-0.2, 0) is 16.0 Å². The Bertz CT molecular complexity index is 379. The standard InChI is InChI=1S/C16H26N2O2/c1-13(2)12-20-9-8-18-16(19)15(11-17)10-14-6-4-3-5-7-14/h3-7,13,15H,8-12,17H2,1-2H3,(H,18,19). The zero-order valence-electron chi connectivity index (χ0n) is 12.5. The smallest absolute Gasteiger partial charge is 0.224 e. The van der Waals surface area contributed by atoms with Crippen LogP contribution in [0, 0.1) is 11.8 Å². The van der Waals surface area contributed by atoms with Crippen LogP contribution < -0.4 is 11.1 Å². The van der Waals surface area contributed by atoms with Crippen molar-refractivity contribution in [3.8, 4) is 0 Å². The summed E-state index contributed by atoms with van der Waals surface area (Å²) < 4.78 is 5.43. The summed E-state index contributed by atoms with van der Waals surface area (Å²) >= 11 is 0. The maximum atomic E-state index is 12.0. The lowest BCUT2D eigenvalue weighted by Crippen LogP contribution is -2.38. The van der Waals surface area contributed by atoms with Crippen LogP contribution in [0.25, 0.3) is 0 Å². The van der Waals surface area contributed by atoms with Crippen molar-refractivity contribution >= 4 is 5.91 Å². The maximum Gasteiger partial charge on any atom is 0.224 e. The molecule has 1 rings (SSSR count). The highest BCUT2D eigenvalue weighted by Gasteiger charge is 2.16. The predicted molar refractivity (Wildman–Crippen MR) is 81.4 cm³/mol. The van der Waals surface area contributed by atoms with Crippen molar-refractivity contribution in [3.05, 3.63) is 35.9 Å². The van der Waals surface area contributed by atoms with Crippen LogP contribution in [0.1, 0.15) is 19.4 Å². The highest BCUT2D eigenvalue weighted by Crippen LogP contribution is 2.07. The Labute approximate surface area is 121 Å². The number of hydrogen-bond acceptors (Lipinski definition) is 3. The van der Waals surface area contributed by atoms with Gasteiger partial charge in [-0.2, -0.15) is 0 Å². The summed E-state index contributed by atoms with van der Waals surface area (Å²) in [4.78, 5) is 12.0. The molecule has 1 aromatic carbocycles. The van der Waals surface area contributed by atoms with Gasteiger partial charge in [-0.1, -0.05) is 44.2 Å². The number of carbonyl (C=O) groups excluding carboxylic acids is 1. The fourth-order valence-corrected chi connectivity index (χ4v) is 1.89. The summed E-state index contributed by atoms with van der Waals surface area (Å²) in [6.45, 7) is 6.36. The predicted octanol–water partition coefficient (Wildman–Crippen LogP) is 1.59. The van der Waals surface area contributed by atoms with Crippen LogP contribution in [0.4, 0.5) is 0 Å². The van der Waals surface area contributed by atoms with Crippen molar-refractivity contribution in [3.63, 3.8) is 0 Å². The van der Waals surface area contributed by atoms with E-state index in [4.69, 9.17) is 10.5 Å². The molecule has 1 unspecified atom stereocenters. The van der Waals surface area contributed by atoms with E-state index >= 15 is 0 Å². The molecule has 0 fully saturated rings. The first-order valence-electron chi connectivity index (χ1n) is 7.23. The average Bonchev–Trinajstić information content (AvgIpc) is 2.45. The van der Waals surface area contributed by atoms with Crippen molar-refractivity contribution in [1.82, 2.24) is 5.32 Å². The summed E-state index contributed by atoms with van der Waals surface area (Å²) in [5.41, 5.74) is 6.83. The van der Waals surface area contributed by atoms with Gasteiger partial charge in [0.25, 0.3) is 0 Å². The van der Waals surface area contributed by atoms with Gasteiger partial charge in [-0.25, -0.2) is 0 Å². The van der Waals surface area contributed by atoms with Gasteiger partial charge in [0, 0.05) is 19.7 Å². The highest BCUT2D eigenvalue weighted by molar-refractivity contribution is 5.79. The molecular formula is C16H26N2O2. The lowest BCUT2D eigenvalue weighted by molar-refractivity contribution is -0.124. The summed E-state index contributed by atoms with van der Waals surface area (Å²) in [5, 5.41) is 2.88. The van der Waals surface area contributed by atoms with Crippen molar-refractivity contribution in [2.45, 2.75) is 20.3 Å². The van der Waals surface area contributed by atoms with Crippen LogP contribution in [0.3, 0.4) is 0 Å². The molecule has 0 radical (unpaired) electrons. The largest absolute Gasteiger partial charge is 0.379 e. The molecule has 0 aromatic heterocycles. The van der Waals surface area contributed by atoms with Crippen molar-refractivity contribution in [1.29, 1.82) is 0 Å². The molecular weight excluding hydrogens is 252 g/mol. The third-order valence-electron chi connectivity index (χ3n) is 2.98. The number of ether oxygens (including phenoxy) is 1. The van der Waals surface area contributed by atoms with Gasteiger partial charge >= 0.3 is 0 Å². The molecule has 1 aromatic rings. The van der Waals surface area contributed by atoms with E-state index in [9.17, 15) is 4.79 Å². The molecule has 0 saturated heterocycles. The minimum Gasteiger partial charge on any atom is -0.379 e. The molecule has 20 heavy (non-hydrogen) atoms. The van der Waals surface area contributed by atoms with Crippen molar-refractivity contribution in [2.75, 3.05) is 26.3 Å². The Kier molecular flexibility index (Phi) is 7.92. The van der Waals surface area contributed by atoms with Gasteiger partial charge in [0.15, 0.2) is 0 Å². The topological polar surface area (TPSA) is 64.3 Å². The Morgan fingerprint density at radius 1 is 1.30 bits per heavy atom. The summed E-state index contributed by atoms with van der Waals surface area (Å²) in [7, 11) is 0. The van der Waals surface area contributed by atoms with E-state index in [1.54, 1.807) is 0 Å². The zero-order valence-corrected chi connectivity index (χ0v) is 12.5. The number of nitrogens with two attached hydrogens (primary N) is 1. The first-order chi connectivity index (χ1) is 9.63. The fourth-order valence-electron chi connectivity index (χ4n) is 1.89. The summed E-state index contributed by atoms with van der Waals surface area (Å²) in [6.07, 6.45) is 0.677. The van der Waals surface area contributed by atoms with Gasteiger partial charge in [-0.05, 0) is 17.9 Å². The normalized spacial score (nSPS) is 12.4. The third kappa shape index (κ3) is 6.68. The van der Waals surface area contributed by atoms with E-state index in [0.29, 0.717) is 32.0 Å². The Morgan fingerprint density at radius 3 is 2.60 bits per heavy atom. The fraction of sp³-hybridized carbons (Fsp3) is 0.562. The maximum absolute atomic E-state index is 12.0. The van der Waals surface area contributed by atoms with Gasteiger partial charge in [0.1, 0.15) is 0 Å². The number of benzene rings is 1. The average molecular weight is 278 g/mol. The second-order valence-corrected chi connectivity index (χ2v) is 5.38. The highest BCUT2D eigenvalue weighted by atomic mass is 16.5. The van der Waals surface area contributed by atoms with Gasteiger partial charge in [0.2, 0.25) is 5.91 Å². The second-order valence-electron chi connectivity index (χ2n) is 5.38. The molecule has 112 valence electrons. The van der Waals surface area contributed by atoms with Gasteiger partial charge in [-0.15, -0.1) is 0 Å². The van der Waals surface area contributed by atoms with Crippen LogP contribution in [-0.4, -0.2) is 32.2 Å². The van der Waals surface area contributed by atoms with Crippen molar-refractivity contribution < 1.29 is 9.53 Å². The SMILES string of the molecule is CC(C)COCCNC(=O)C(CN)Cc1ccccc1. The Hall–Kier alpha value is -1.39. The first kappa shape index (κ1) is 16.7. The number of carbonyl (C=O) groups is 1. The van der Waals surface area contributed by atoms with Crippen molar-refractivity contribution in [2.24, 2.45) is 17.6 Å². The van der Waals surface area contributed by atoms with E-state index in [-0.39, 0.29) is 11.8 Å². The lowest BCUT2D eigenvalue weighted by Gasteiger charge is -2.15. The van der Waals surface area contributed by atoms with E-state index < -0.39 is 0 Å². The number of rotatable bonds is 9. The second kappa shape index (κ2) is 9.50. The molecule has 0 aliphatic rings. The van der Waals surface area contributed by atoms with Crippen LogP contribution in [0.15, 0.2) is 30.3 Å². The minimum absolute atomic E-state index is 0.00417. The van der Waals surface area contributed by atoms with Crippen LogP contribution in [0.5, 0.6) is 0 Å². The Morgan fingerprint density at radius 2 is 2.00 bits per heavy atom. The van der Waals surface area contributed by atoms with E-state index in [1.807, 2.05) is 30.3 Å².